The monoisotopic (exact) mass is 370 g/mol. The molecule has 2 heterocycles. The number of benzene rings is 1. The van der Waals surface area contributed by atoms with E-state index in [2.05, 4.69) is 10.3 Å². The van der Waals surface area contributed by atoms with Gasteiger partial charge in [-0.2, -0.15) is 0 Å². The zero-order valence-electron chi connectivity index (χ0n) is 14.4. The van der Waals surface area contributed by atoms with Crippen LogP contribution in [-0.2, 0) is 4.79 Å². The summed E-state index contributed by atoms with van der Waals surface area (Å²) in [6.07, 6.45) is 1.38. The fourth-order valence-electron chi connectivity index (χ4n) is 2.73. The molecule has 7 heteroatoms. The van der Waals surface area contributed by atoms with Crippen LogP contribution < -0.4 is 5.32 Å². The molecule has 1 atom stereocenters. The number of carbonyl (C=O) groups is 2. The van der Waals surface area contributed by atoms with E-state index >= 15 is 0 Å². The summed E-state index contributed by atoms with van der Waals surface area (Å²) in [5.41, 5.74) is 2.81. The van der Waals surface area contributed by atoms with Crippen molar-refractivity contribution in [2.45, 2.75) is 26.3 Å². The Morgan fingerprint density at radius 1 is 1.27 bits per heavy atom. The number of hydrogen-bond acceptors (Lipinski definition) is 5. The average molecular weight is 370 g/mol. The molecule has 2 N–H and O–H groups in total. The highest BCUT2D eigenvalue weighted by Gasteiger charge is 2.22. The predicted molar refractivity (Wildman–Crippen MR) is 98.2 cm³/mol. The molecule has 6 nitrogen and oxygen atoms in total. The molecule has 0 aliphatic heterocycles. The van der Waals surface area contributed by atoms with Crippen LogP contribution in [0.15, 0.2) is 46.4 Å². The molecule has 26 heavy (non-hydrogen) atoms. The van der Waals surface area contributed by atoms with Crippen LogP contribution in [0.4, 0.5) is 0 Å². The number of aryl methyl sites for hydroxylation is 2. The Hall–Kier alpha value is -2.93. The second-order valence-corrected chi connectivity index (χ2v) is 6.77. The van der Waals surface area contributed by atoms with Crippen molar-refractivity contribution in [1.29, 1.82) is 0 Å². The summed E-state index contributed by atoms with van der Waals surface area (Å²) in [4.78, 5) is 28.2. The van der Waals surface area contributed by atoms with Gasteiger partial charge in [-0.05, 0) is 31.0 Å². The summed E-state index contributed by atoms with van der Waals surface area (Å²) in [5.74, 6) is -0.648. The molecule has 134 valence electrons. The minimum absolute atomic E-state index is 0.200. The number of carboxylic acid groups (broad SMARTS) is 1. The first kappa shape index (κ1) is 17.9. The third-order valence-electron chi connectivity index (χ3n) is 4.07. The van der Waals surface area contributed by atoms with Crippen molar-refractivity contribution in [3.8, 4) is 10.6 Å². The van der Waals surface area contributed by atoms with Crippen LogP contribution >= 0.6 is 11.3 Å². The largest absolute Gasteiger partial charge is 0.481 e. The highest BCUT2D eigenvalue weighted by Crippen LogP contribution is 2.28. The first-order chi connectivity index (χ1) is 12.5. The minimum atomic E-state index is -0.980. The Morgan fingerprint density at radius 3 is 2.69 bits per heavy atom. The van der Waals surface area contributed by atoms with E-state index in [4.69, 9.17) is 4.42 Å². The van der Waals surface area contributed by atoms with Crippen LogP contribution in [-0.4, -0.2) is 22.0 Å². The number of carboxylic acids is 1. The van der Waals surface area contributed by atoms with Crippen molar-refractivity contribution < 1.29 is 19.1 Å². The van der Waals surface area contributed by atoms with Gasteiger partial charge in [-0.15, -0.1) is 11.3 Å². The van der Waals surface area contributed by atoms with Crippen LogP contribution in [0.1, 0.15) is 39.8 Å². The number of rotatable bonds is 6. The molecule has 3 rings (SSSR count). The molecule has 0 saturated heterocycles. The highest BCUT2D eigenvalue weighted by atomic mass is 32.1. The van der Waals surface area contributed by atoms with Gasteiger partial charge in [0, 0.05) is 5.38 Å². The maximum Gasteiger partial charge on any atom is 0.305 e. The van der Waals surface area contributed by atoms with Crippen LogP contribution in [0.25, 0.3) is 10.6 Å². The predicted octanol–water partition coefficient (Wildman–Crippen LogP) is 3.97. The van der Waals surface area contributed by atoms with Crippen molar-refractivity contribution in [1.82, 2.24) is 10.3 Å². The van der Waals surface area contributed by atoms with Gasteiger partial charge < -0.3 is 14.8 Å². The van der Waals surface area contributed by atoms with Gasteiger partial charge in [-0.1, -0.05) is 24.3 Å². The van der Waals surface area contributed by atoms with E-state index in [9.17, 15) is 14.7 Å². The minimum Gasteiger partial charge on any atom is -0.481 e. The zero-order valence-corrected chi connectivity index (χ0v) is 15.2. The number of aliphatic carboxylic acids is 1. The average Bonchev–Trinajstić information content (AvgIpc) is 3.23. The first-order valence-electron chi connectivity index (χ1n) is 8.04. The van der Waals surface area contributed by atoms with Crippen molar-refractivity contribution in [3.05, 3.63) is 64.6 Å². The van der Waals surface area contributed by atoms with Crippen LogP contribution in [0.5, 0.6) is 0 Å². The molecule has 0 spiro atoms. The van der Waals surface area contributed by atoms with Crippen LogP contribution in [0.2, 0.25) is 0 Å². The maximum absolute atomic E-state index is 12.6. The van der Waals surface area contributed by atoms with E-state index in [1.807, 2.05) is 38.1 Å². The van der Waals surface area contributed by atoms with E-state index in [1.54, 1.807) is 17.7 Å². The summed E-state index contributed by atoms with van der Waals surface area (Å²) in [7, 11) is 0. The molecule has 3 aromatic rings. The fraction of sp³-hybridized carbons (Fsp3) is 0.211. The van der Waals surface area contributed by atoms with Crippen LogP contribution in [0, 0.1) is 13.8 Å². The van der Waals surface area contributed by atoms with Gasteiger partial charge in [0.15, 0.2) is 0 Å². The number of nitrogens with zero attached hydrogens (tertiary/aromatic N) is 1. The molecule has 0 aliphatic carbocycles. The molecule has 1 aromatic carbocycles. The molecule has 0 saturated carbocycles. The Morgan fingerprint density at radius 2 is 2.04 bits per heavy atom. The van der Waals surface area contributed by atoms with E-state index in [0.29, 0.717) is 5.01 Å². The summed E-state index contributed by atoms with van der Waals surface area (Å²) in [6.45, 7) is 3.72. The molecule has 2 aromatic heterocycles. The van der Waals surface area contributed by atoms with Gasteiger partial charge >= 0.3 is 5.97 Å². The lowest BCUT2D eigenvalue weighted by atomic mass is 9.98. The van der Waals surface area contributed by atoms with Crippen molar-refractivity contribution in [2.75, 3.05) is 0 Å². The van der Waals surface area contributed by atoms with Gasteiger partial charge in [0.2, 0.25) is 0 Å². The molecule has 0 unspecified atom stereocenters. The first-order valence-corrected chi connectivity index (χ1v) is 8.92. The second kappa shape index (κ2) is 7.53. The van der Waals surface area contributed by atoms with Gasteiger partial charge in [0.1, 0.15) is 16.5 Å². The molecule has 1 amide bonds. The lowest BCUT2D eigenvalue weighted by molar-refractivity contribution is -0.137. The molecule has 0 bridgehead atoms. The fourth-order valence-corrected chi connectivity index (χ4v) is 3.60. The maximum atomic E-state index is 12.6. The number of furan rings is 1. The molecule has 0 aliphatic rings. The Kier molecular flexibility index (Phi) is 5.18. The van der Waals surface area contributed by atoms with E-state index in [1.165, 1.54) is 11.3 Å². The van der Waals surface area contributed by atoms with Gasteiger partial charge in [0.25, 0.3) is 5.91 Å². The molecule has 0 radical (unpaired) electrons. The number of thiazole rings is 1. The van der Waals surface area contributed by atoms with E-state index in [0.717, 1.165) is 22.5 Å². The lowest BCUT2D eigenvalue weighted by Crippen LogP contribution is -2.30. The normalized spacial score (nSPS) is 11.9. The zero-order chi connectivity index (χ0) is 18.7. The van der Waals surface area contributed by atoms with Gasteiger partial charge in [0.05, 0.1) is 24.3 Å². The van der Waals surface area contributed by atoms with E-state index < -0.39 is 17.9 Å². The molecular formula is C19H18N2O4S. The number of hydrogen-bond donors (Lipinski definition) is 2. The van der Waals surface area contributed by atoms with Crippen molar-refractivity contribution in [3.63, 3.8) is 0 Å². The van der Waals surface area contributed by atoms with Crippen molar-refractivity contribution in [2.24, 2.45) is 0 Å². The van der Waals surface area contributed by atoms with Gasteiger partial charge in [-0.25, -0.2) is 4.98 Å². The second-order valence-electron chi connectivity index (χ2n) is 5.91. The number of amides is 1. The summed E-state index contributed by atoms with van der Waals surface area (Å²) >= 11 is 1.34. The number of aromatic nitrogens is 1. The summed E-state index contributed by atoms with van der Waals surface area (Å²) in [6, 6.07) is 8.59. The Bertz CT molecular complexity index is 944. The Labute approximate surface area is 154 Å². The third kappa shape index (κ3) is 3.83. The number of nitrogens with one attached hydrogen (secondary N) is 1. The van der Waals surface area contributed by atoms with Gasteiger partial charge in [-0.3, -0.25) is 9.59 Å². The third-order valence-corrected chi connectivity index (χ3v) is 4.95. The van der Waals surface area contributed by atoms with Crippen LogP contribution in [0.3, 0.4) is 0 Å². The number of carbonyl (C=O) groups excluding carboxylic acids is 1. The smallest absolute Gasteiger partial charge is 0.305 e. The van der Waals surface area contributed by atoms with Crippen molar-refractivity contribution >= 4 is 23.2 Å². The lowest BCUT2D eigenvalue weighted by Gasteiger charge is -2.18. The SMILES string of the molecule is Cc1ccccc1[C@H](CC(=O)O)NC(=O)c1csc(-c2ccoc2C)n1. The topological polar surface area (TPSA) is 92.4 Å². The standard InChI is InChI=1S/C19H18N2O4S/c1-11-5-3-4-6-13(11)15(9-17(22)23)20-18(24)16-10-26-19(21-16)14-7-8-25-12(14)2/h3-8,10,15H,9H2,1-2H3,(H,20,24)(H,22,23)/t15-/m0/s1. The highest BCUT2D eigenvalue weighted by molar-refractivity contribution is 7.13. The summed E-state index contributed by atoms with van der Waals surface area (Å²) < 4.78 is 5.27. The quantitative estimate of drug-likeness (QED) is 0.685. The summed E-state index contributed by atoms with van der Waals surface area (Å²) in [5, 5.41) is 14.3. The molecular weight excluding hydrogens is 352 g/mol. The van der Waals surface area contributed by atoms with E-state index in [-0.39, 0.29) is 12.1 Å². The molecule has 0 fully saturated rings. The Balaban J connectivity index is 1.82.